The molecule has 1 N–H and O–H groups in total. The van der Waals surface area contributed by atoms with Crippen molar-refractivity contribution in [2.75, 3.05) is 19.7 Å². The highest BCUT2D eigenvalue weighted by atomic mass is 16.3. The zero-order chi connectivity index (χ0) is 15.8. The van der Waals surface area contributed by atoms with Crippen LogP contribution in [0.3, 0.4) is 0 Å². The molecule has 0 aromatic heterocycles. The van der Waals surface area contributed by atoms with E-state index in [1.807, 2.05) is 43.3 Å². The molecule has 0 unspecified atom stereocenters. The van der Waals surface area contributed by atoms with Crippen LogP contribution < -0.4 is 0 Å². The Balaban J connectivity index is 2.24. The molecular formula is C19H23NO2. The van der Waals surface area contributed by atoms with Crippen LogP contribution >= 0.6 is 0 Å². The van der Waals surface area contributed by atoms with Gasteiger partial charge in [0.2, 0.25) is 5.91 Å². The fourth-order valence-electron chi connectivity index (χ4n) is 2.68. The first-order valence-corrected chi connectivity index (χ1v) is 7.74. The summed E-state index contributed by atoms with van der Waals surface area (Å²) in [6.45, 7) is 2.95. The molecule has 0 heterocycles. The summed E-state index contributed by atoms with van der Waals surface area (Å²) in [6, 6.07) is 20.2. The normalized spacial score (nSPS) is 10.7. The summed E-state index contributed by atoms with van der Waals surface area (Å²) < 4.78 is 0. The Labute approximate surface area is 132 Å². The average Bonchev–Trinajstić information content (AvgIpc) is 2.59. The van der Waals surface area contributed by atoms with Crippen LogP contribution in [0.5, 0.6) is 0 Å². The fraction of sp³-hybridized carbons (Fsp3) is 0.316. The number of aliphatic hydroxyl groups is 1. The van der Waals surface area contributed by atoms with Crippen molar-refractivity contribution in [3.63, 3.8) is 0 Å². The first-order valence-electron chi connectivity index (χ1n) is 7.74. The molecule has 0 radical (unpaired) electrons. The minimum atomic E-state index is 0.000913. The van der Waals surface area contributed by atoms with Crippen LogP contribution in [0.1, 0.15) is 30.4 Å². The van der Waals surface area contributed by atoms with Crippen LogP contribution in [0.4, 0.5) is 0 Å². The van der Waals surface area contributed by atoms with E-state index in [1.165, 1.54) is 0 Å². The van der Waals surface area contributed by atoms with E-state index in [0.29, 0.717) is 19.5 Å². The van der Waals surface area contributed by atoms with Gasteiger partial charge in [0.15, 0.2) is 0 Å². The average molecular weight is 297 g/mol. The Kier molecular flexibility index (Phi) is 6.16. The third-order valence-corrected chi connectivity index (χ3v) is 3.89. The van der Waals surface area contributed by atoms with Crippen LogP contribution in [0.25, 0.3) is 0 Å². The molecule has 116 valence electrons. The molecule has 0 aliphatic heterocycles. The van der Waals surface area contributed by atoms with E-state index in [2.05, 4.69) is 24.3 Å². The standard InChI is InChI=1S/C19H23NO2/c1-2-20(13-14-21)19(22)15-18(16-9-5-3-6-10-16)17-11-7-4-8-12-17/h3-12,18,21H,2,13-15H2,1H3. The van der Waals surface area contributed by atoms with Crippen molar-refractivity contribution in [2.24, 2.45) is 0 Å². The highest BCUT2D eigenvalue weighted by Gasteiger charge is 2.21. The second kappa shape index (κ2) is 8.35. The Morgan fingerprint density at radius 1 is 1.00 bits per heavy atom. The highest BCUT2D eigenvalue weighted by Crippen LogP contribution is 2.28. The number of hydrogen-bond donors (Lipinski definition) is 1. The smallest absolute Gasteiger partial charge is 0.223 e. The molecule has 0 aliphatic rings. The van der Waals surface area contributed by atoms with E-state index in [4.69, 9.17) is 5.11 Å². The van der Waals surface area contributed by atoms with Gasteiger partial charge in [-0.05, 0) is 18.1 Å². The van der Waals surface area contributed by atoms with Gasteiger partial charge in [-0.1, -0.05) is 60.7 Å². The van der Waals surface area contributed by atoms with Crippen LogP contribution in [0, 0.1) is 0 Å². The Morgan fingerprint density at radius 2 is 1.50 bits per heavy atom. The zero-order valence-corrected chi connectivity index (χ0v) is 13.0. The van der Waals surface area contributed by atoms with Crippen molar-refractivity contribution in [2.45, 2.75) is 19.3 Å². The summed E-state index contributed by atoms with van der Waals surface area (Å²) in [4.78, 5) is 14.2. The lowest BCUT2D eigenvalue weighted by atomic mass is 9.88. The molecule has 3 nitrogen and oxygen atoms in total. The molecule has 2 rings (SSSR count). The number of benzene rings is 2. The number of nitrogens with zero attached hydrogens (tertiary/aromatic N) is 1. The molecule has 0 fully saturated rings. The van der Waals surface area contributed by atoms with E-state index in [0.717, 1.165) is 11.1 Å². The van der Waals surface area contributed by atoms with Gasteiger partial charge < -0.3 is 10.0 Å². The maximum atomic E-state index is 12.5. The summed E-state index contributed by atoms with van der Waals surface area (Å²) >= 11 is 0. The molecule has 2 aromatic carbocycles. The minimum absolute atomic E-state index is 0.000913. The van der Waals surface area contributed by atoms with Gasteiger partial charge in [0, 0.05) is 25.4 Å². The summed E-state index contributed by atoms with van der Waals surface area (Å²) in [5, 5.41) is 9.09. The lowest BCUT2D eigenvalue weighted by Gasteiger charge is -2.24. The topological polar surface area (TPSA) is 40.5 Å². The van der Waals surface area contributed by atoms with Crippen LogP contribution in [-0.2, 0) is 4.79 Å². The van der Waals surface area contributed by atoms with Gasteiger partial charge in [0.25, 0.3) is 0 Å². The monoisotopic (exact) mass is 297 g/mol. The molecule has 3 heteroatoms. The van der Waals surface area contributed by atoms with Crippen molar-refractivity contribution >= 4 is 5.91 Å². The highest BCUT2D eigenvalue weighted by molar-refractivity contribution is 5.77. The fourth-order valence-corrected chi connectivity index (χ4v) is 2.68. The largest absolute Gasteiger partial charge is 0.395 e. The number of aliphatic hydroxyl groups excluding tert-OH is 1. The van der Waals surface area contributed by atoms with Gasteiger partial charge >= 0.3 is 0 Å². The van der Waals surface area contributed by atoms with Crippen molar-refractivity contribution in [1.82, 2.24) is 4.90 Å². The zero-order valence-electron chi connectivity index (χ0n) is 13.0. The molecule has 0 saturated carbocycles. The van der Waals surface area contributed by atoms with Crippen molar-refractivity contribution in [3.05, 3.63) is 71.8 Å². The van der Waals surface area contributed by atoms with Gasteiger partial charge in [0.05, 0.1) is 6.61 Å². The van der Waals surface area contributed by atoms with Gasteiger partial charge in [-0.2, -0.15) is 0 Å². The Morgan fingerprint density at radius 3 is 1.91 bits per heavy atom. The van der Waals surface area contributed by atoms with E-state index in [-0.39, 0.29) is 18.4 Å². The van der Waals surface area contributed by atoms with Crippen molar-refractivity contribution < 1.29 is 9.90 Å². The van der Waals surface area contributed by atoms with E-state index in [9.17, 15) is 4.79 Å². The molecule has 0 bridgehead atoms. The van der Waals surface area contributed by atoms with Gasteiger partial charge in [-0.25, -0.2) is 0 Å². The number of hydrogen-bond acceptors (Lipinski definition) is 2. The number of carbonyl (C=O) groups is 1. The summed E-state index contributed by atoms with van der Waals surface area (Å²) in [7, 11) is 0. The van der Waals surface area contributed by atoms with Crippen LogP contribution in [-0.4, -0.2) is 35.6 Å². The molecule has 0 spiro atoms. The molecule has 0 aliphatic carbocycles. The number of amides is 1. The van der Waals surface area contributed by atoms with E-state index < -0.39 is 0 Å². The second-order valence-corrected chi connectivity index (χ2v) is 5.28. The molecule has 0 atom stereocenters. The Bertz CT molecular complexity index is 529. The van der Waals surface area contributed by atoms with E-state index >= 15 is 0 Å². The third-order valence-electron chi connectivity index (χ3n) is 3.89. The summed E-state index contributed by atoms with van der Waals surface area (Å²) in [5.41, 5.74) is 2.28. The van der Waals surface area contributed by atoms with Crippen molar-refractivity contribution in [3.8, 4) is 0 Å². The maximum absolute atomic E-state index is 12.5. The SMILES string of the molecule is CCN(CCO)C(=O)CC(c1ccccc1)c1ccccc1. The molecule has 22 heavy (non-hydrogen) atoms. The lowest BCUT2D eigenvalue weighted by molar-refractivity contribution is -0.131. The quantitative estimate of drug-likeness (QED) is 0.853. The summed E-state index contributed by atoms with van der Waals surface area (Å²) in [6.07, 6.45) is 0.419. The van der Waals surface area contributed by atoms with Crippen LogP contribution in [0.2, 0.25) is 0 Å². The van der Waals surface area contributed by atoms with Gasteiger partial charge in [-0.15, -0.1) is 0 Å². The van der Waals surface area contributed by atoms with Gasteiger partial charge in [-0.3, -0.25) is 4.79 Å². The molecule has 1 amide bonds. The van der Waals surface area contributed by atoms with Crippen molar-refractivity contribution in [1.29, 1.82) is 0 Å². The van der Waals surface area contributed by atoms with Crippen LogP contribution in [0.15, 0.2) is 60.7 Å². The lowest BCUT2D eigenvalue weighted by Crippen LogP contribution is -2.34. The number of likely N-dealkylation sites (N-methyl/N-ethyl adjacent to an activating group) is 1. The number of rotatable bonds is 7. The van der Waals surface area contributed by atoms with E-state index in [1.54, 1.807) is 4.90 Å². The first kappa shape index (κ1) is 16.2. The predicted octanol–water partition coefficient (Wildman–Crippen LogP) is 3.05. The molecule has 2 aromatic rings. The third kappa shape index (κ3) is 4.18. The summed E-state index contributed by atoms with van der Waals surface area (Å²) in [5.74, 6) is 0.122. The molecular weight excluding hydrogens is 274 g/mol. The second-order valence-electron chi connectivity index (χ2n) is 5.28. The Hall–Kier alpha value is -2.13. The van der Waals surface area contributed by atoms with Gasteiger partial charge in [0.1, 0.15) is 0 Å². The minimum Gasteiger partial charge on any atom is -0.395 e. The number of carbonyl (C=O) groups excluding carboxylic acids is 1. The maximum Gasteiger partial charge on any atom is 0.223 e. The predicted molar refractivity (Wildman–Crippen MR) is 88.7 cm³/mol. The first-order chi connectivity index (χ1) is 10.8. The molecule has 0 saturated heterocycles.